The van der Waals surface area contributed by atoms with Gasteiger partial charge in [0.15, 0.2) is 0 Å². The molecule has 1 heteroatoms. The standard InChI is InChI=1S/C17H29N/c1-4-6-13-17(10-5-2)18-15(3)14-16-11-8-7-9-12-16/h7-9,11-12,15,17-18H,4-6,10,13-14H2,1-3H3. The molecule has 1 nitrogen and oxygen atoms in total. The lowest BCUT2D eigenvalue weighted by Crippen LogP contribution is -2.37. The van der Waals surface area contributed by atoms with E-state index in [-0.39, 0.29) is 0 Å². The van der Waals surface area contributed by atoms with Gasteiger partial charge in [-0.15, -0.1) is 0 Å². The zero-order valence-corrected chi connectivity index (χ0v) is 12.3. The van der Waals surface area contributed by atoms with Crippen molar-refractivity contribution < 1.29 is 0 Å². The van der Waals surface area contributed by atoms with Crippen molar-refractivity contribution in [3.05, 3.63) is 35.9 Å². The molecule has 1 aromatic carbocycles. The van der Waals surface area contributed by atoms with Gasteiger partial charge in [0.25, 0.3) is 0 Å². The Morgan fingerprint density at radius 1 is 1.00 bits per heavy atom. The summed E-state index contributed by atoms with van der Waals surface area (Å²) in [4.78, 5) is 0. The molecule has 2 unspecified atom stereocenters. The van der Waals surface area contributed by atoms with Gasteiger partial charge in [-0.2, -0.15) is 0 Å². The van der Waals surface area contributed by atoms with Gasteiger partial charge in [0.1, 0.15) is 0 Å². The maximum Gasteiger partial charge on any atom is 0.00817 e. The van der Waals surface area contributed by atoms with E-state index in [9.17, 15) is 0 Å². The van der Waals surface area contributed by atoms with Crippen LogP contribution in [0.25, 0.3) is 0 Å². The highest BCUT2D eigenvalue weighted by Gasteiger charge is 2.11. The molecule has 1 N–H and O–H groups in total. The van der Waals surface area contributed by atoms with Crippen LogP contribution in [0, 0.1) is 0 Å². The molecule has 0 heterocycles. The molecule has 1 aromatic rings. The fraction of sp³-hybridized carbons (Fsp3) is 0.647. The van der Waals surface area contributed by atoms with Gasteiger partial charge in [0, 0.05) is 12.1 Å². The molecule has 0 saturated heterocycles. The normalized spacial score (nSPS) is 14.4. The van der Waals surface area contributed by atoms with Crippen LogP contribution < -0.4 is 5.32 Å². The topological polar surface area (TPSA) is 12.0 Å². The van der Waals surface area contributed by atoms with Crippen molar-refractivity contribution >= 4 is 0 Å². The summed E-state index contributed by atoms with van der Waals surface area (Å²) in [6.45, 7) is 6.86. The van der Waals surface area contributed by atoms with Crippen molar-refractivity contribution in [2.24, 2.45) is 0 Å². The number of unbranched alkanes of at least 4 members (excludes halogenated alkanes) is 1. The van der Waals surface area contributed by atoms with Crippen LogP contribution >= 0.6 is 0 Å². The molecule has 2 atom stereocenters. The first-order chi connectivity index (χ1) is 8.76. The fourth-order valence-electron chi connectivity index (χ4n) is 2.54. The van der Waals surface area contributed by atoms with Crippen molar-refractivity contribution in [2.45, 2.75) is 71.4 Å². The van der Waals surface area contributed by atoms with Crippen LogP contribution in [0.3, 0.4) is 0 Å². The van der Waals surface area contributed by atoms with Crippen LogP contribution in [0.5, 0.6) is 0 Å². The lowest BCUT2D eigenvalue weighted by Gasteiger charge is -2.23. The van der Waals surface area contributed by atoms with Gasteiger partial charge in [-0.3, -0.25) is 0 Å². The maximum absolute atomic E-state index is 3.80. The Hall–Kier alpha value is -0.820. The Morgan fingerprint density at radius 2 is 1.72 bits per heavy atom. The summed E-state index contributed by atoms with van der Waals surface area (Å²) in [5.41, 5.74) is 1.43. The Bertz CT molecular complexity index is 294. The van der Waals surface area contributed by atoms with E-state index >= 15 is 0 Å². The van der Waals surface area contributed by atoms with Crippen molar-refractivity contribution in [3.8, 4) is 0 Å². The van der Waals surface area contributed by atoms with E-state index in [2.05, 4.69) is 56.4 Å². The number of hydrogen-bond donors (Lipinski definition) is 1. The minimum absolute atomic E-state index is 0.570. The predicted molar refractivity (Wildman–Crippen MR) is 81.0 cm³/mol. The monoisotopic (exact) mass is 247 g/mol. The van der Waals surface area contributed by atoms with Gasteiger partial charge in [0.05, 0.1) is 0 Å². The SMILES string of the molecule is CCCCC(CCC)NC(C)Cc1ccccc1. The third-order valence-corrected chi connectivity index (χ3v) is 3.45. The van der Waals surface area contributed by atoms with Crippen LogP contribution in [0.15, 0.2) is 30.3 Å². The second-order valence-electron chi connectivity index (χ2n) is 5.39. The number of nitrogens with one attached hydrogen (secondary N) is 1. The average molecular weight is 247 g/mol. The minimum Gasteiger partial charge on any atom is -0.311 e. The first-order valence-corrected chi connectivity index (χ1v) is 7.56. The first-order valence-electron chi connectivity index (χ1n) is 7.56. The predicted octanol–water partition coefficient (Wildman–Crippen LogP) is 4.57. The van der Waals surface area contributed by atoms with Crippen LogP contribution in [0.2, 0.25) is 0 Å². The summed E-state index contributed by atoms with van der Waals surface area (Å²) in [7, 11) is 0. The van der Waals surface area contributed by atoms with Crippen LogP contribution in [0.1, 0.15) is 58.4 Å². The average Bonchev–Trinajstić information content (AvgIpc) is 2.37. The van der Waals surface area contributed by atoms with Gasteiger partial charge in [-0.05, 0) is 31.7 Å². The maximum atomic E-state index is 3.80. The van der Waals surface area contributed by atoms with Gasteiger partial charge >= 0.3 is 0 Å². The van der Waals surface area contributed by atoms with Gasteiger partial charge < -0.3 is 5.32 Å². The van der Waals surface area contributed by atoms with E-state index in [0.717, 1.165) is 6.42 Å². The second kappa shape index (κ2) is 9.16. The van der Waals surface area contributed by atoms with Crippen molar-refractivity contribution in [1.82, 2.24) is 5.32 Å². The van der Waals surface area contributed by atoms with Crippen molar-refractivity contribution in [1.29, 1.82) is 0 Å². The number of hydrogen-bond acceptors (Lipinski definition) is 1. The van der Waals surface area contributed by atoms with E-state index in [1.165, 1.54) is 37.7 Å². The molecule has 0 aliphatic heterocycles. The number of benzene rings is 1. The van der Waals surface area contributed by atoms with E-state index in [1.54, 1.807) is 0 Å². The first kappa shape index (κ1) is 15.2. The molecule has 102 valence electrons. The molecule has 0 amide bonds. The molecule has 0 fully saturated rings. The minimum atomic E-state index is 0.570. The Kier molecular flexibility index (Phi) is 7.75. The van der Waals surface area contributed by atoms with E-state index in [0.29, 0.717) is 12.1 Å². The molecular weight excluding hydrogens is 218 g/mol. The van der Waals surface area contributed by atoms with Crippen LogP contribution in [0.4, 0.5) is 0 Å². The molecule has 0 radical (unpaired) electrons. The van der Waals surface area contributed by atoms with E-state index in [1.807, 2.05) is 0 Å². The summed E-state index contributed by atoms with van der Waals surface area (Å²) < 4.78 is 0. The molecular formula is C17H29N. The lowest BCUT2D eigenvalue weighted by atomic mass is 10.0. The summed E-state index contributed by atoms with van der Waals surface area (Å²) in [6, 6.07) is 12.1. The third-order valence-electron chi connectivity index (χ3n) is 3.45. The smallest absolute Gasteiger partial charge is 0.00817 e. The molecule has 0 saturated carbocycles. The van der Waals surface area contributed by atoms with Crippen LogP contribution in [-0.2, 0) is 6.42 Å². The highest BCUT2D eigenvalue weighted by Crippen LogP contribution is 2.10. The highest BCUT2D eigenvalue weighted by atomic mass is 14.9. The zero-order valence-electron chi connectivity index (χ0n) is 12.3. The quantitative estimate of drug-likeness (QED) is 0.674. The molecule has 0 aliphatic rings. The van der Waals surface area contributed by atoms with E-state index < -0.39 is 0 Å². The van der Waals surface area contributed by atoms with Crippen LogP contribution in [-0.4, -0.2) is 12.1 Å². The zero-order chi connectivity index (χ0) is 13.2. The Balaban J connectivity index is 2.37. The van der Waals surface area contributed by atoms with Gasteiger partial charge in [0.2, 0.25) is 0 Å². The molecule has 0 bridgehead atoms. The summed E-state index contributed by atoms with van der Waals surface area (Å²) in [6.07, 6.45) is 7.68. The summed E-state index contributed by atoms with van der Waals surface area (Å²) in [5.74, 6) is 0. The van der Waals surface area contributed by atoms with Crippen molar-refractivity contribution in [3.63, 3.8) is 0 Å². The lowest BCUT2D eigenvalue weighted by molar-refractivity contribution is 0.389. The Morgan fingerprint density at radius 3 is 2.33 bits per heavy atom. The fourth-order valence-corrected chi connectivity index (χ4v) is 2.54. The third kappa shape index (κ3) is 6.20. The molecule has 0 spiro atoms. The molecule has 1 rings (SSSR count). The molecule has 0 aromatic heterocycles. The summed E-state index contributed by atoms with van der Waals surface area (Å²) >= 11 is 0. The van der Waals surface area contributed by atoms with E-state index in [4.69, 9.17) is 0 Å². The second-order valence-corrected chi connectivity index (χ2v) is 5.39. The number of rotatable bonds is 9. The van der Waals surface area contributed by atoms with Gasteiger partial charge in [-0.25, -0.2) is 0 Å². The molecule has 0 aliphatic carbocycles. The van der Waals surface area contributed by atoms with Crippen molar-refractivity contribution in [2.75, 3.05) is 0 Å². The molecule has 18 heavy (non-hydrogen) atoms. The summed E-state index contributed by atoms with van der Waals surface area (Å²) in [5, 5.41) is 3.80. The Labute approximate surface area is 113 Å². The largest absolute Gasteiger partial charge is 0.311 e. The highest BCUT2D eigenvalue weighted by molar-refractivity contribution is 5.15. The van der Waals surface area contributed by atoms with Gasteiger partial charge in [-0.1, -0.05) is 63.4 Å².